The molecule has 1 aliphatic rings. The van der Waals surface area contributed by atoms with E-state index in [9.17, 15) is 5.11 Å². The topological polar surface area (TPSA) is 44.1 Å². The molecule has 0 fully saturated rings. The summed E-state index contributed by atoms with van der Waals surface area (Å²) < 4.78 is 0. The van der Waals surface area contributed by atoms with Gasteiger partial charge in [0.2, 0.25) is 0 Å². The molecule has 0 spiro atoms. The number of aromatic hydroxyl groups is 1. The van der Waals surface area contributed by atoms with Gasteiger partial charge in [-0.2, -0.15) is 0 Å². The third-order valence-electron chi connectivity index (χ3n) is 5.68. The van der Waals surface area contributed by atoms with Crippen molar-refractivity contribution in [3.05, 3.63) is 52.6 Å². The van der Waals surface area contributed by atoms with Crippen LogP contribution in [-0.2, 0) is 10.8 Å². The Labute approximate surface area is 145 Å². The lowest BCUT2D eigenvalue weighted by molar-refractivity contribution is 0.332. The lowest BCUT2D eigenvalue weighted by atomic mass is 9.62. The summed E-state index contributed by atoms with van der Waals surface area (Å²) in [7, 11) is 0. The summed E-state index contributed by atoms with van der Waals surface area (Å²) in [6.07, 6.45) is 3.69. The van der Waals surface area contributed by atoms with Gasteiger partial charge in [-0.3, -0.25) is 0 Å². The maximum Gasteiger partial charge on any atom is 0.123 e. The van der Waals surface area contributed by atoms with Gasteiger partial charge in [-0.25, -0.2) is 0 Å². The van der Waals surface area contributed by atoms with Crippen LogP contribution in [-0.4, -0.2) is 11.3 Å². The largest absolute Gasteiger partial charge is 0.507 e. The smallest absolute Gasteiger partial charge is 0.123 e. The maximum absolute atomic E-state index is 10.4. The number of nitrogens with one attached hydrogen (secondary N) is 1. The molecular formula is C22H27NO. The van der Waals surface area contributed by atoms with E-state index in [1.54, 1.807) is 12.1 Å². The molecule has 0 aliphatic heterocycles. The van der Waals surface area contributed by atoms with E-state index in [0.29, 0.717) is 0 Å². The molecule has 126 valence electrons. The quantitative estimate of drug-likeness (QED) is 0.683. The van der Waals surface area contributed by atoms with Crippen LogP contribution in [0.1, 0.15) is 62.8 Å². The number of phenols is 1. The number of hydrogen-bond donors (Lipinski definition) is 2. The average Bonchev–Trinajstić information content (AvgIpc) is 2.52. The van der Waals surface area contributed by atoms with Gasteiger partial charge in [-0.1, -0.05) is 33.8 Å². The highest BCUT2D eigenvalue weighted by atomic mass is 16.3. The van der Waals surface area contributed by atoms with Crippen molar-refractivity contribution in [2.24, 2.45) is 0 Å². The molecule has 2 N–H and O–H groups in total. The van der Waals surface area contributed by atoms with Crippen molar-refractivity contribution in [3.8, 4) is 16.9 Å². The van der Waals surface area contributed by atoms with Crippen LogP contribution in [0.5, 0.6) is 5.75 Å². The van der Waals surface area contributed by atoms with Crippen LogP contribution in [0.15, 0.2) is 30.3 Å². The minimum absolute atomic E-state index is 0.141. The third-order valence-corrected chi connectivity index (χ3v) is 5.68. The van der Waals surface area contributed by atoms with Crippen LogP contribution in [0.3, 0.4) is 0 Å². The summed E-state index contributed by atoms with van der Waals surface area (Å²) >= 11 is 0. The van der Waals surface area contributed by atoms with E-state index in [2.05, 4.69) is 46.8 Å². The van der Waals surface area contributed by atoms with Gasteiger partial charge in [-0.05, 0) is 82.7 Å². The Morgan fingerprint density at radius 3 is 2.08 bits per heavy atom. The van der Waals surface area contributed by atoms with Gasteiger partial charge in [-0.15, -0.1) is 0 Å². The normalized spacial score (nSPS) is 18.0. The molecule has 2 aromatic carbocycles. The van der Waals surface area contributed by atoms with Gasteiger partial charge in [0, 0.05) is 11.8 Å². The molecule has 0 unspecified atom stereocenters. The fourth-order valence-electron chi connectivity index (χ4n) is 3.87. The molecule has 0 radical (unpaired) electrons. The van der Waals surface area contributed by atoms with E-state index in [0.717, 1.165) is 16.7 Å². The van der Waals surface area contributed by atoms with Gasteiger partial charge in [0.15, 0.2) is 0 Å². The number of rotatable bonds is 2. The number of hydrogen-bond acceptors (Lipinski definition) is 2. The van der Waals surface area contributed by atoms with Gasteiger partial charge in [0.1, 0.15) is 5.75 Å². The van der Waals surface area contributed by atoms with Crippen molar-refractivity contribution in [3.63, 3.8) is 0 Å². The Hall–Kier alpha value is -2.09. The van der Waals surface area contributed by atoms with Crippen LogP contribution in [0, 0.1) is 12.3 Å². The van der Waals surface area contributed by atoms with Gasteiger partial charge < -0.3 is 10.5 Å². The second-order valence-electron chi connectivity index (χ2n) is 8.40. The van der Waals surface area contributed by atoms with Crippen molar-refractivity contribution >= 4 is 6.21 Å². The standard InChI is InChI=1S/C22H27NO/c1-14-10-18-19(22(4,5)9-8-21(18,2)3)12-16(14)17-11-15(13-23)6-7-20(17)24/h6-7,10-13,23-24H,8-9H2,1-5H3. The van der Waals surface area contributed by atoms with Gasteiger partial charge in [0.05, 0.1) is 0 Å². The Morgan fingerprint density at radius 1 is 0.917 bits per heavy atom. The van der Waals surface area contributed by atoms with Crippen molar-refractivity contribution in [1.29, 1.82) is 5.41 Å². The first-order valence-corrected chi connectivity index (χ1v) is 8.65. The molecule has 0 amide bonds. The summed E-state index contributed by atoms with van der Waals surface area (Å²) in [5.74, 6) is 0.275. The Kier molecular flexibility index (Phi) is 3.82. The lowest BCUT2D eigenvalue weighted by Crippen LogP contribution is -2.34. The predicted molar refractivity (Wildman–Crippen MR) is 101 cm³/mol. The highest BCUT2D eigenvalue weighted by molar-refractivity contribution is 5.84. The molecule has 24 heavy (non-hydrogen) atoms. The molecular weight excluding hydrogens is 294 g/mol. The fraction of sp³-hybridized carbons (Fsp3) is 0.409. The second kappa shape index (κ2) is 5.47. The zero-order valence-corrected chi connectivity index (χ0v) is 15.3. The van der Waals surface area contributed by atoms with Gasteiger partial charge >= 0.3 is 0 Å². The molecule has 2 nitrogen and oxygen atoms in total. The van der Waals surface area contributed by atoms with Crippen LogP contribution >= 0.6 is 0 Å². The average molecular weight is 321 g/mol. The zero-order chi connectivity index (χ0) is 17.7. The summed E-state index contributed by atoms with van der Waals surface area (Å²) in [6, 6.07) is 9.94. The first kappa shape index (κ1) is 16.8. The molecule has 3 rings (SSSR count). The Morgan fingerprint density at radius 2 is 1.50 bits per heavy atom. The lowest BCUT2D eigenvalue weighted by Gasteiger charge is -2.42. The van der Waals surface area contributed by atoms with E-state index in [1.165, 1.54) is 35.7 Å². The van der Waals surface area contributed by atoms with E-state index in [1.807, 2.05) is 6.07 Å². The predicted octanol–water partition coefficient (Wildman–Crippen LogP) is 5.71. The molecule has 0 atom stereocenters. The summed E-state index contributed by atoms with van der Waals surface area (Å²) in [4.78, 5) is 0. The minimum atomic E-state index is 0.141. The van der Waals surface area contributed by atoms with Crippen molar-refractivity contribution in [2.45, 2.75) is 58.3 Å². The molecule has 0 saturated heterocycles. The van der Waals surface area contributed by atoms with Crippen LogP contribution in [0.25, 0.3) is 11.1 Å². The molecule has 0 heterocycles. The van der Waals surface area contributed by atoms with Crippen LogP contribution in [0.4, 0.5) is 0 Å². The summed E-state index contributed by atoms with van der Waals surface area (Å²) in [5, 5.41) is 17.9. The maximum atomic E-state index is 10.4. The summed E-state index contributed by atoms with van der Waals surface area (Å²) in [6.45, 7) is 11.4. The number of benzene rings is 2. The van der Waals surface area contributed by atoms with Crippen molar-refractivity contribution in [2.75, 3.05) is 0 Å². The SMILES string of the molecule is Cc1cc2c(cc1-c1cc(C=N)ccc1O)C(C)(C)CCC2(C)C. The van der Waals surface area contributed by atoms with Crippen LogP contribution in [0.2, 0.25) is 0 Å². The Balaban J connectivity index is 2.28. The summed E-state index contributed by atoms with van der Waals surface area (Å²) in [5.41, 5.74) is 7.02. The van der Waals surface area contributed by atoms with E-state index in [-0.39, 0.29) is 16.6 Å². The Bertz CT molecular complexity index is 815. The van der Waals surface area contributed by atoms with E-state index in [4.69, 9.17) is 5.41 Å². The van der Waals surface area contributed by atoms with Crippen molar-refractivity contribution in [1.82, 2.24) is 0 Å². The van der Waals surface area contributed by atoms with Gasteiger partial charge in [0.25, 0.3) is 0 Å². The van der Waals surface area contributed by atoms with Crippen molar-refractivity contribution < 1.29 is 5.11 Å². The first-order chi connectivity index (χ1) is 11.2. The minimum Gasteiger partial charge on any atom is -0.507 e. The monoisotopic (exact) mass is 321 g/mol. The zero-order valence-electron chi connectivity index (χ0n) is 15.3. The first-order valence-electron chi connectivity index (χ1n) is 8.65. The fourth-order valence-corrected chi connectivity index (χ4v) is 3.87. The molecule has 0 saturated carbocycles. The molecule has 0 bridgehead atoms. The highest BCUT2D eigenvalue weighted by Gasteiger charge is 2.37. The van der Waals surface area contributed by atoms with Crippen LogP contribution < -0.4 is 0 Å². The molecule has 0 aromatic heterocycles. The second-order valence-corrected chi connectivity index (χ2v) is 8.40. The van der Waals surface area contributed by atoms with E-state index >= 15 is 0 Å². The third kappa shape index (κ3) is 2.64. The van der Waals surface area contributed by atoms with E-state index < -0.39 is 0 Å². The molecule has 1 aliphatic carbocycles. The molecule has 2 heteroatoms. The number of aryl methyl sites for hydroxylation is 1. The highest BCUT2D eigenvalue weighted by Crippen LogP contribution is 2.48. The molecule has 2 aromatic rings. The number of fused-ring (bicyclic) bond motifs is 1. The number of phenolic OH excluding ortho intramolecular Hbond substituents is 1.